The molecule has 0 bridgehead atoms. The lowest BCUT2D eigenvalue weighted by Gasteiger charge is -2.16. The zero-order chi connectivity index (χ0) is 15.1. The van der Waals surface area contributed by atoms with E-state index in [2.05, 4.69) is 29.0 Å². The van der Waals surface area contributed by atoms with E-state index < -0.39 is 6.10 Å². The predicted octanol–water partition coefficient (Wildman–Crippen LogP) is 2.81. The number of rotatable bonds is 8. The molecule has 5 heteroatoms. The van der Waals surface area contributed by atoms with E-state index in [-0.39, 0.29) is 0 Å². The molecule has 1 heterocycles. The first-order valence-corrected chi connectivity index (χ1v) is 8.19. The van der Waals surface area contributed by atoms with Crippen molar-refractivity contribution in [2.45, 2.75) is 26.5 Å². The summed E-state index contributed by atoms with van der Waals surface area (Å²) in [5.74, 6) is 0. The van der Waals surface area contributed by atoms with Crippen LogP contribution >= 0.6 is 11.3 Å². The van der Waals surface area contributed by atoms with Gasteiger partial charge in [-0.05, 0) is 19.4 Å². The highest BCUT2D eigenvalue weighted by Gasteiger charge is 2.09. The Labute approximate surface area is 130 Å². The molecule has 0 unspecified atom stereocenters. The molecule has 0 aliphatic carbocycles. The van der Waals surface area contributed by atoms with Gasteiger partial charge < -0.3 is 15.3 Å². The summed E-state index contributed by atoms with van der Waals surface area (Å²) in [6, 6.07) is 9.72. The summed E-state index contributed by atoms with van der Waals surface area (Å²) in [4.78, 5) is 7.89. The molecule has 0 aliphatic heterocycles. The Morgan fingerprint density at radius 3 is 2.62 bits per heavy atom. The van der Waals surface area contributed by atoms with Crippen LogP contribution in [-0.4, -0.2) is 29.7 Å². The monoisotopic (exact) mass is 305 g/mol. The van der Waals surface area contributed by atoms with Crippen LogP contribution in [0, 0.1) is 0 Å². The Morgan fingerprint density at radius 1 is 1.24 bits per heavy atom. The van der Waals surface area contributed by atoms with Crippen LogP contribution in [0.5, 0.6) is 0 Å². The molecule has 0 fully saturated rings. The van der Waals surface area contributed by atoms with Crippen molar-refractivity contribution < 1.29 is 5.11 Å². The fraction of sp³-hybridized carbons (Fsp3) is 0.438. The summed E-state index contributed by atoms with van der Waals surface area (Å²) in [7, 11) is 0. The molecule has 2 rings (SSSR count). The van der Waals surface area contributed by atoms with Gasteiger partial charge >= 0.3 is 0 Å². The summed E-state index contributed by atoms with van der Waals surface area (Å²) in [5, 5.41) is 14.4. The Hall–Kier alpha value is -1.43. The van der Waals surface area contributed by atoms with E-state index >= 15 is 0 Å². The Morgan fingerprint density at radius 2 is 1.95 bits per heavy atom. The number of benzene rings is 1. The minimum Gasteiger partial charge on any atom is -0.387 e. The van der Waals surface area contributed by atoms with Gasteiger partial charge in [-0.3, -0.25) is 0 Å². The lowest BCUT2D eigenvalue weighted by atomic mass is 10.1. The first kappa shape index (κ1) is 15.9. The van der Waals surface area contributed by atoms with Crippen molar-refractivity contribution in [2.75, 3.05) is 24.5 Å². The van der Waals surface area contributed by atoms with E-state index in [0.29, 0.717) is 6.54 Å². The molecule has 2 aromatic rings. The lowest BCUT2D eigenvalue weighted by Crippen LogP contribution is -2.21. The Balaban J connectivity index is 1.81. The maximum Gasteiger partial charge on any atom is 0.185 e. The molecule has 1 aromatic heterocycles. The van der Waals surface area contributed by atoms with Crippen LogP contribution in [-0.2, 0) is 6.54 Å². The second kappa shape index (κ2) is 8.12. The van der Waals surface area contributed by atoms with E-state index in [4.69, 9.17) is 0 Å². The number of aromatic nitrogens is 1. The molecular weight excluding hydrogens is 282 g/mol. The van der Waals surface area contributed by atoms with E-state index in [1.807, 2.05) is 36.5 Å². The quantitative estimate of drug-likeness (QED) is 0.787. The number of aliphatic hydroxyl groups is 1. The fourth-order valence-electron chi connectivity index (χ4n) is 2.14. The van der Waals surface area contributed by atoms with Crippen LogP contribution in [0.1, 0.15) is 30.4 Å². The summed E-state index contributed by atoms with van der Waals surface area (Å²) in [6.45, 7) is 7.51. The molecule has 1 atom stereocenters. The third-order valence-corrected chi connectivity index (χ3v) is 4.45. The van der Waals surface area contributed by atoms with Crippen LogP contribution in [0.25, 0.3) is 0 Å². The number of anilines is 1. The van der Waals surface area contributed by atoms with Gasteiger partial charge in [-0.2, -0.15) is 0 Å². The molecule has 2 N–H and O–H groups in total. The van der Waals surface area contributed by atoms with Crippen LogP contribution < -0.4 is 10.2 Å². The second-order valence-electron chi connectivity index (χ2n) is 4.84. The highest BCUT2D eigenvalue weighted by atomic mass is 32.1. The topological polar surface area (TPSA) is 48.4 Å². The van der Waals surface area contributed by atoms with Crippen molar-refractivity contribution in [3.05, 3.63) is 47.0 Å². The average Bonchev–Trinajstić information content (AvgIpc) is 2.98. The number of hydrogen-bond donors (Lipinski definition) is 2. The van der Waals surface area contributed by atoms with Gasteiger partial charge in [-0.15, -0.1) is 11.3 Å². The summed E-state index contributed by atoms with van der Waals surface area (Å²) >= 11 is 1.71. The first-order chi connectivity index (χ1) is 10.2. The van der Waals surface area contributed by atoms with Crippen LogP contribution in [0.4, 0.5) is 5.13 Å². The van der Waals surface area contributed by atoms with Crippen molar-refractivity contribution in [1.29, 1.82) is 0 Å². The third kappa shape index (κ3) is 4.52. The maximum atomic E-state index is 10.1. The Bertz CT molecular complexity index is 525. The molecule has 114 valence electrons. The summed E-state index contributed by atoms with van der Waals surface area (Å²) in [5.41, 5.74) is 0.943. The minimum atomic E-state index is -0.471. The number of hydrogen-bond acceptors (Lipinski definition) is 5. The van der Waals surface area contributed by atoms with Gasteiger partial charge in [0.1, 0.15) is 0 Å². The number of nitrogens with zero attached hydrogens (tertiary/aromatic N) is 2. The molecule has 0 amide bonds. The van der Waals surface area contributed by atoms with Crippen molar-refractivity contribution in [3.63, 3.8) is 0 Å². The van der Waals surface area contributed by atoms with Gasteiger partial charge in [0.15, 0.2) is 5.13 Å². The van der Waals surface area contributed by atoms with Crippen LogP contribution in [0.2, 0.25) is 0 Å². The van der Waals surface area contributed by atoms with Crippen molar-refractivity contribution in [1.82, 2.24) is 10.3 Å². The smallest absolute Gasteiger partial charge is 0.185 e. The van der Waals surface area contributed by atoms with E-state index in [0.717, 1.165) is 30.3 Å². The summed E-state index contributed by atoms with van der Waals surface area (Å²) < 4.78 is 0. The van der Waals surface area contributed by atoms with Gasteiger partial charge in [0, 0.05) is 37.3 Å². The number of thiazole rings is 1. The standard InChI is InChI=1S/C16H23N3OS/c1-3-19(4-2)16-18-11-14(21-16)10-17-12-15(20)13-8-6-5-7-9-13/h5-9,11,15,17,20H,3-4,10,12H2,1-2H3/t15-/m0/s1. The van der Waals surface area contributed by atoms with Gasteiger partial charge in [-0.25, -0.2) is 4.98 Å². The fourth-order valence-corrected chi connectivity index (χ4v) is 3.15. The van der Waals surface area contributed by atoms with Crippen LogP contribution in [0.3, 0.4) is 0 Å². The van der Waals surface area contributed by atoms with E-state index in [1.54, 1.807) is 11.3 Å². The van der Waals surface area contributed by atoms with Crippen molar-refractivity contribution in [3.8, 4) is 0 Å². The normalized spacial score (nSPS) is 12.3. The highest BCUT2D eigenvalue weighted by molar-refractivity contribution is 7.15. The maximum absolute atomic E-state index is 10.1. The lowest BCUT2D eigenvalue weighted by molar-refractivity contribution is 0.174. The molecule has 1 aromatic carbocycles. The van der Waals surface area contributed by atoms with E-state index in [1.165, 1.54) is 4.88 Å². The molecule has 0 aliphatic rings. The zero-order valence-corrected chi connectivity index (χ0v) is 13.4. The van der Waals surface area contributed by atoms with Crippen LogP contribution in [0.15, 0.2) is 36.5 Å². The van der Waals surface area contributed by atoms with Crippen molar-refractivity contribution >= 4 is 16.5 Å². The largest absolute Gasteiger partial charge is 0.387 e. The molecule has 0 saturated carbocycles. The Kier molecular flexibility index (Phi) is 6.17. The van der Waals surface area contributed by atoms with Gasteiger partial charge in [-0.1, -0.05) is 30.3 Å². The minimum absolute atomic E-state index is 0.471. The SMILES string of the molecule is CCN(CC)c1ncc(CNC[C@H](O)c2ccccc2)s1. The molecule has 4 nitrogen and oxygen atoms in total. The summed E-state index contributed by atoms with van der Waals surface area (Å²) in [6.07, 6.45) is 1.45. The molecule has 0 saturated heterocycles. The molecule has 0 spiro atoms. The number of nitrogens with one attached hydrogen (secondary N) is 1. The van der Waals surface area contributed by atoms with Crippen molar-refractivity contribution in [2.24, 2.45) is 0 Å². The molecular formula is C16H23N3OS. The average molecular weight is 305 g/mol. The van der Waals surface area contributed by atoms with Gasteiger partial charge in [0.05, 0.1) is 6.10 Å². The van der Waals surface area contributed by atoms with Gasteiger partial charge in [0.25, 0.3) is 0 Å². The molecule has 21 heavy (non-hydrogen) atoms. The third-order valence-electron chi connectivity index (χ3n) is 3.40. The highest BCUT2D eigenvalue weighted by Crippen LogP contribution is 2.22. The predicted molar refractivity (Wildman–Crippen MR) is 88.8 cm³/mol. The second-order valence-corrected chi connectivity index (χ2v) is 5.93. The van der Waals surface area contributed by atoms with E-state index in [9.17, 15) is 5.11 Å². The zero-order valence-electron chi connectivity index (χ0n) is 12.6. The number of aliphatic hydroxyl groups excluding tert-OH is 1. The van der Waals surface area contributed by atoms with Gasteiger partial charge in [0.2, 0.25) is 0 Å². The molecule has 0 radical (unpaired) electrons. The first-order valence-electron chi connectivity index (χ1n) is 7.38.